The van der Waals surface area contributed by atoms with E-state index in [2.05, 4.69) is 11.4 Å². The van der Waals surface area contributed by atoms with Crippen molar-refractivity contribution in [1.29, 1.82) is 5.26 Å². The number of halogens is 1. The predicted molar refractivity (Wildman–Crippen MR) is 97.0 cm³/mol. The Bertz CT molecular complexity index is 799. The molecule has 1 N–H and O–H groups in total. The van der Waals surface area contributed by atoms with Crippen LogP contribution in [0.15, 0.2) is 42.5 Å². The second-order valence-corrected chi connectivity index (χ2v) is 6.14. The van der Waals surface area contributed by atoms with E-state index in [0.717, 1.165) is 0 Å². The minimum absolute atomic E-state index is 0.0968. The van der Waals surface area contributed by atoms with Crippen molar-refractivity contribution in [1.82, 2.24) is 0 Å². The Balaban J connectivity index is 2.18. The summed E-state index contributed by atoms with van der Waals surface area (Å²) in [5.74, 6) is 0.496. The van der Waals surface area contributed by atoms with Crippen molar-refractivity contribution in [2.24, 2.45) is 5.92 Å². The maximum absolute atomic E-state index is 12.6. The summed E-state index contributed by atoms with van der Waals surface area (Å²) >= 11 is 6.08. The zero-order chi connectivity index (χ0) is 18.4. The van der Waals surface area contributed by atoms with E-state index in [1.54, 1.807) is 42.5 Å². The number of methoxy groups -OCH3 is 1. The van der Waals surface area contributed by atoms with Crippen molar-refractivity contribution in [3.8, 4) is 17.6 Å². The SMILES string of the molecule is COc1ccc(NC(=O)C(Oc2ccccc2C#N)C(C)C)cc1Cl. The first-order valence-electron chi connectivity index (χ1n) is 7.76. The average molecular weight is 359 g/mol. The van der Waals surface area contributed by atoms with E-state index < -0.39 is 6.10 Å². The number of para-hydroxylation sites is 1. The minimum atomic E-state index is -0.754. The van der Waals surface area contributed by atoms with E-state index in [-0.39, 0.29) is 11.8 Å². The van der Waals surface area contributed by atoms with Gasteiger partial charge in [0.15, 0.2) is 6.10 Å². The van der Waals surface area contributed by atoms with Crippen molar-refractivity contribution >= 4 is 23.2 Å². The van der Waals surface area contributed by atoms with Gasteiger partial charge in [-0.05, 0) is 36.2 Å². The van der Waals surface area contributed by atoms with E-state index in [9.17, 15) is 4.79 Å². The molecule has 2 aromatic carbocycles. The molecule has 0 fully saturated rings. The van der Waals surface area contributed by atoms with Crippen LogP contribution in [-0.4, -0.2) is 19.1 Å². The molecule has 0 bridgehead atoms. The number of anilines is 1. The maximum atomic E-state index is 12.6. The van der Waals surface area contributed by atoms with Gasteiger partial charge in [0.1, 0.15) is 17.6 Å². The van der Waals surface area contributed by atoms with Crippen LogP contribution < -0.4 is 14.8 Å². The van der Waals surface area contributed by atoms with Crippen molar-refractivity contribution in [3.05, 3.63) is 53.1 Å². The van der Waals surface area contributed by atoms with Gasteiger partial charge in [-0.25, -0.2) is 0 Å². The van der Waals surface area contributed by atoms with Crippen LogP contribution in [0.2, 0.25) is 5.02 Å². The van der Waals surface area contributed by atoms with E-state index in [1.807, 2.05) is 13.8 Å². The molecule has 0 radical (unpaired) electrons. The number of hydrogen-bond donors (Lipinski definition) is 1. The lowest BCUT2D eigenvalue weighted by molar-refractivity contribution is -0.124. The summed E-state index contributed by atoms with van der Waals surface area (Å²) in [5, 5.41) is 12.4. The lowest BCUT2D eigenvalue weighted by atomic mass is 10.1. The molecular weight excluding hydrogens is 340 g/mol. The van der Waals surface area contributed by atoms with Gasteiger partial charge in [-0.3, -0.25) is 4.79 Å². The summed E-state index contributed by atoms with van der Waals surface area (Å²) in [5.41, 5.74) is 0.923. The first-order chi connectivity index (χ1) is 12.0. The number of carbonyl (C=O) groups is 1. The molecule has 2 rings (SSSR count). The summed E-state index contributed by atoms with van der Waals surface area (Å²) in [4.78, 5) is 12.6. The fraction of sp³-hybridized carbons (Fsp3) is 0.263. The van der Waals surface area contributed by atoms with Crippen LogP contribution in [0.25, 0.3) is 0 Å². The molecule has 0 spiro atoms. The second kappa shape index (κ2) is 8.41. The van der Waals surface area contributed by atoms with Gasteiger partial charge in [0.05, 0.1) is 17.7 Å². The molecule has 0 heterocycles. The lowest BCUT2D eigenvalue weighted by Crippen LogP contribution is -2.37. The third kappa shape index (κ3) is 4.65. The normalized spacial score (nSPS) is 11.5. The highest BCUT2D eigenvalue weighted by molar-refractivity contribution is 6.32. The highest BCUT2D eigenvalue weighted by atomic mass is 35.5. The average Bonchev–Trinajstić information content (AvgIpc) is 2.59. The largest absolute Gasteiger partial charge is 0.495 e. The first kappa shape index (κ1) is 18.6. The van der Waals surface area contributed by atoms with Crippen molar-refractivity contribution in [3.63, 3.8) is 0 Å². The Morgan fingerprint density at radius 1 is 1.20 bits per heavy atom. The number of ether oxygens (including phenoxy) is 2. The van der Waals surface area contributed by atoms with Gasteiger partial charge in [-0.2, -0.15) is 5.26 Å². The Hall–Kier alpha value is -2.71. The van der Waals surface area contributed by atoms with Gasteiger partial charge in [-0.15, -0.1) is 0 Å². The molecule has 25 heavy (non-hydrogen) atoms. The topological polar surface area (TPSA) is 71.3 Å². The quantitative estimate of drug-likeness (QED) is 0.837. The summed E-state index contributed by atoms with van der Waals surface area (Å²) in [6.45, 7) is 3.75. The van der Waals surface area contributed by atoms with Crippen molar-refractivity contribution < 1.29 is 14.3 Å². The molecule has 0 aliphatic carbocycles. The summed E-state index contributed by atoms with van der Waals surface area (Å²) in [7, 11) is 1.52. The van der Waals surface area contributed by atoms with E-state index in [0.29, 0.717) is 27.8 Å². The molecule has 0 saturated heterocycles. The summed E-state index contributed by atoms with van der Waals surface area (Å²) in [6.07, 6.45) is -0.754. The Morgan fingerprint density at radius 3 is 2.52 bits per heavy atom. The van der Waals surface area contributed by atoms with E-state index in [4.69, 9.17) is 26.3 Å². The maximum Gasteiger partial charge on any atom is 0.265 e. The van der Waals surface area contributed by atoms with E-state index in [1.165, 1.54) is 7.11 Å². The van der Waals surface area contributed by atoms with Gasteiger partial charge in [-0.1, -0.05) is 37.6 Å². The fourth-order valence-electron chi connectivity index (χ4n) is 2.25. The number of benzene rings is 2. The predicted octanol–water partition coefficient (Wildman–Crippen LogP) is 4.26. The number of nitrogens with one attached hydrogen (secondary N) is 1. The van der Waals surface area contributed by atoms with Gasteiger partial charge in [0.2, 0.25) is 0 Å². The molecule has 1 amide bonds. The fourth-order valence-corrected chi connectivity index (χ4v) is 2.51. The van der Waals surface area contributed by atoms with Gasteiger partial charge < -0.3 is 14.8 Å². The van der Waals surface area contributed by atoms with Crippen LogP contribution in [0.3, 0.4) is 0 Å². The minimum Gasteiger partial charge on any atom is -0.495 e. The van der Waals surface area contributed by atoms with Crippen molar-refractivity contribution in [2.75, 3.05) is 12.4 Å². The van der Waals surface area contributed by atoms with Gasteiger partial charge in [0.25, 0.3) is 5.91 Å². The molecular formula is C19H19ClN2O3. The second-order valence-electron chi connectivity index (χ2n) is 5.73. The van der Waals surface area contributed by atoms with Crippen LogP contribution in [0.5, 0.6) is 11.5 Å². The highest BCUT2D eigenvalue weighted by Gasteiger charge is 2.25. The smallest absolute Gasteiger partial charge is 0.265 e. The molecule has 5 nitrogen and oxygen atoms in total. The van der Waals surface area contributed by atoms with Crippen LogP contribution in [0.1, 0.15) is 19.4 Å². The third-order valence-electron chi connectivity index (χ3n) is 3.54. The van der Waals surface area contributed by atoms with Gasteiger partial charge in [0, 0.05) is 5.69 Å². The van der Waals surface area contributed by atoms with Crippen LogP contribution >= 0.6 is 11.6 Å². The van der Waals surface area contributed by atoms with Crippen LogP contribution in [0, 0.1) is 17.2 Å². The van der Waals surface area contributed by atoms with Gasteiger partial charge >= 0.3 is 0 Å². The Labute approximate surface area is 152 Å². The molecule has 0 saturated carbocycles. The molecule has 0 aromatic heterocycles. The third-order valence-corrected chi connectivity index (χ3v) is 3.84. The molecule has 130 valence electrons. The Kier molecular flexibility index (Phi) is 6.26. The summed E-state index contributed by atoms with van der Waals surface area (Å²) < 4.78 is 10.9. The standard InChI is InChI=1S/C19H19ClN2O3/c1-12(2)18(25-16-7-5-4-6-13(16)11-21)19(23)22-14-8-9-17(24-3)15(20)10-14/h4-10,12,18H,1-3H3,(H,22,23). The number of carbonyl (C=O) groups excluding carboxylic acids is 1. The molecule has 0 aliphatic rings. The molecule has 0 aliphatic heterocycles. The van der Waals surface area contributed by atoms with Crippen LogP contribution in [0.4, 0.5) is 5.69 Å². The molecule has 1 unspecified atom stereocenters. The Morgan fingerprint density at radius 2 is 1.92 bits per heavy atom. The van der Waals surface area contributed by atoms with Crippen molar-refractivity contribution in [2.45, 2.75) is 20.0 Å². The highest BCUT2D eigenvalue weighted by Crippen LogP contribution is 2.28. The molecule has 6 heteroatoms. The molecule has 2 aromatic rings. The number of nitriles is 1. The van der Waals surface area contributed by atoms with Crippen LogP contribution in [-0.2, 0) is 4.79 Å². The number of hydrogen-bond acceptors (Lipinski definition) is 4. The zero-order valence-electron chi connectivity index (χ0n) is 14.2. The zero-order valence-corrected chi connectivity index (χ0v) is 15.0. The first-order valence-corrected chi connectivity index (χ1v) is 8.14. The number of nitrogens with zero attached hydrogens (tertiary/aromatic N) is 1. The van der Waals surface area contributed by atoms with E-state index >= 15 is 0 Å². The summed E-state index contributed by atoms with van der Waals surface area (Å²) in [6, 6.07) is 13.9. The number of rotatable bonds is 6. The number of amides is 1. The molecule has 1 atom stereocenters. The monoisotopic (exact) mass is 358 g/mol. The lowest BCUT2D eigenvalue weighted by Gasteiger charge is -2.22.